The molecule has 14 heavy (non-hydrogen) atoms. The molecule has 0 aromatic rings. The smallest absolute Gasteiger partial charge is 0.135 e. The van der Waals surface area contributed by atoms with Crippen LogP contribution in [-0.4, -0.2) is 31.2 Å². The van der Waals surface area contributed by atoms with Gasteiger partial charge in [0.05, 0.1) is 19.3 Å². The lowest BCUT2D eigenvalue weighted by atomic mass is 9.74. The highest BCUT2D eigenvalue weighted by Gasteiger charge is 2.38. The molecule has 2 fully saturated rings. The number of ketones is 1. The van der Waals surface area contributed by atoms with Crippen molar-refractivity contribution in [1.82, 2.24) is 0 Å². The van der Waals surface area contributed by atoms with Gasteiger partial charge in [0.2, 0.25) is 0 Å². The molecule has 1 heterocycles. The zero-order chi connectivity index (χ0) is 10.2. The molecule has 1 aliphatic carbocycles. The van der Waals surface area contributed by atoms with Crippen LogP contribution in [0.3, 0.4) is 0 Å². The van der Waals surface area contributed by atoms with Crippen molar-refractivity contribution in [3.05, 3.63) is 0 Å². The van der Waals surface area contributed by atoms with Crippen molar-refractivity contribution in [2.24, 2.45) is 5.41 Å². The first-order chi connectivity index (χ1) is 6.58. The second-order valence-corrected chi connectivity index (χ2v) is 5.02. The van der Waals surface area contributed by atoms with E-state index in [9.17, 15) is 4.79 Å². The monoisotopic (exact) mass is 198 g/mol. The molecule has 0 bridgehead atoms. The third-order valence-corrected chi connectivity index (χ3v) is 3.30. The molecule has 1 atom stereocenters. The fourth-order valence-corrected chi connectivity index (χ4v) is 1.96. The minimum absolute atomic E-state index is 0.0950. The predicted octanol–water partition coefficient (Wildman–Crippen LogP) is 1.55. The van der Waals surface area contributed by atoms with E-state index in [1.54, 1.807) is 0 Å². The quantitative estimate of drug-likeness (QED) is 0.675. The minimum Gasteiger partial charge on any atom is -0.376 e. The first kappa shape index (κ1) is 10.1. The standard InChI is InChI=1S/C11H18O3/c1-11(2)4-3-8(12)5-10(11)14-9-6-13-7-9/h9-10H,3-7H2,1-2H3. The summed E-state index contributed by atoms with van der Waals surface area (Å²) in [7, 11) is 0. The highest BCUT2D eigenvalue weighted by Crippen LogP contribution is 2.37. The Balaban J connectivity index is 1.94. The van der Waals surface area contributed by atoms with Crippen LogP contribution in [0.1, 0.15) is 33.1 Å². The van der Waals surface area contributed by atoms with E-state index in [0.29, 0.717) is 31.8 Å². The van der Waals surface area contributed by atoms with Crippen molar-refractivity contribution in [1.29, 1.82) is 0 Å². The van der Waals surface area contributed by atoms with Gasteiger partial charge in [-0.3, -0.25) is 4.79 Å². The van der Waals surface area contributed by atoms with Gasteiger partial charge < -0.3 is 9.47 Å². The Kier molecular flexibility index (Phi) is 2.62. The molecule has 2 rings (SSSR count). The van der Waals surface area contributed by atoms with Gasteiger partial charge in [-0.25, -0.2) is 0 Å². The minimum atomic E-state index is 0.0950. The zero-order valence-corrected chi connectivity index (χ0v) is 8.91. The Hall–Kier alpha value is -0.410. The molecule has 0 aromatic heterocycles. The lowest BCUT2D eigenvalue weighted by molar-refractivity contribution is -0.185. The lowest BCUT2D eigenvalue weighted by Gasteiger charge is -2.41. The van der Waals surface area contributed by atoms with Gasteiger partial charge in [-0.05, 0) is 11.8 Å². The number of hydrogen-bond acceptors (Lipinski definition) is 3. The summed E-state index contributed by atoms with van der Waals surface area (Å²) in [5, 5.41) is 0. The average Bonchev–Trinajstić information content (AvgIpc) is 2.03. The summed E-state index contributed by atoms with van der Waals surface area (Å²) in [4.78, 5) is 11.3. The van der Waals surface area contributed by atoms with Gasteiger partial charge in [0, 0.05) is 12.8 Å². The van der Waals surface area contributed by atoms with Crippen molar-refractivity contribution in [2.75, 3.05) is 13.2 Å². The van der Waals surface area contributed by atoms with Gasteiger partial charge in [0.1, 0.15) is 11.9 Å². The van der Waals surface area contributed by atoms with Crippen LogP contribution in [0.2, 0.25) is 0 Å². The molecule has 0 radical (unpaired) electrons. The van der Waals surface area contributed by atoms with E-state index in [1.807, 2.05) is 0 Å². The number of Topliss-reactive ketones (excluding diaryl/α,β-unsaturated/α-hetero) is 1. The van der Waals surface area contributed by atoms with E-state index in [2.05, 4.69) is 13.8 Å². The Morgan fingerprint density at radius 1 is 1.43 bits per heavy atom. The predicted molar refractivity (Wildman–Crippen MR) is 52.1 cm³/mol. The molecule has 3 heteroatoms. The summed E-state index contributed by atoms with van der Waals surface area (Å²) >= 11 is 0. The van der Waals surface area contributed by atoms with Crippen molar-refractivity contribution in [3.63, 3.8) is 0 Å². The zero-order valence-electron chi connectivity index (χ0n) is 8.91. The number of rotatable bonds is 2. The second-order valence-electron chi connectivity index (χ2n) is 5.02. The highest BCUT2D eigenvalue weighted by molar-refractivity contribution is 5.79. The van der Waals surface area contributed by atoms with Crippen molar-refractivity contribution < 1.29 is 14.3 Å². The largest absolute Gasteiger partial charge is 0.376 e. The van der Waals surface area contributed by atoms with Crippen molar-refractivity contribution >= 4 is 5.78 Å². The van der Waals surface area contributed by atoms with Crippen LogP contribution in [-0.2, 0) is 14.3 Å². The summed E-state index contributed by atoms with van der Waals surface area (Å²) < 4.78 is 10.9. The molecular formula is C11H18O3. The summed E-state index contributed by atoms with van der Waals surface area (Å²) in [6.45, 7) is 5.76. The summed E-state index contributed by atoms with van der Waals surface area (Å²) in [5.74, 6) is 0.342. The highest BCUT2D eigenvalue weighted by atomic mass is 16.6. The van der Waals surface area contributed by atoms with Crippen LogP contribution in [0.5, 0.6) is 0 Å². The number of hydrogen-bond donors (Lipinski definition) is 0. The average molecular weight is 198 g/mol. The molecule has 0 amide bonds. The van der Waals surface area contributed by atoms with Crippen LogP contribution in [0.4, 0.5) is 0 Å². The number of ether oxygens (including phenoxy) is 2. The first-order valence-corrected chi connectivity index (χ1v) is 5.33. The van der Waals surface area contributed by atoms with E-state index in [-0.39, 0.29) is 17.6 Å². The SMILES string of the molecule is CC1(C)CCC(=O)CC1OC1COC1. The van der Waals surface area contributed by atoms with E-state index in [0.717, 1.165) is 6.42 Å². The van der Waals surface area contributed by atoms with Gasteiger partial charge in [-0.2, -0.15) is 0 Å². The molecule has 1 unspecified atom stereocenters. The van der Waals surface area contributed by atoms with Crippen LogP contribution < -0.4 is 0 Å². The van der Waals surface area contributed by atoms with Crippen LogP contribution >= 0.6 is 0 Å². The van der Waals surface area contributed by atoms with Crippen LogP contribution in [0.25, 0.3) is 0 Å². The lowest BCUT2D eigenvalue weighted by Crippen LogP contribution is -2.46. The van der Waals surface area contributed by atoms with Gasteiger partial charge in [0.15, 0.2) is 0 Å². The Morgan fingerprint density at radius 3 is 2.71 bits per heavy atom. The molecular weight excluding hydrogens is 180 g/mol. The fraction of sp³-hybridized carbons (Fsp3) is 0.909. The maximum atomic E-state index is 11.3. The van der Waals surface area contributed by atoms with E-state index in [4.69, 9.17) is 9.47 Å². The van der Waals surface area contributed by atoms with Crippen LogP contribution in [0.15, 0.2) is 0 Å². The maximum Gasteiger partial charge on any atom is 0.135 e. The summed E-state index contributed by atoms with van der Waals surface area (Å²) in [5.41, 5.74) is 0.142. The van der Waals surface area contributed by atoms with Crippen LogP contribution in [0, 0.1) is 5.41 Å². The molecule has 1 aliphatic heterocycles. The number of carbonyl (C=O) groups is 1. The van der Waals surface area contributed by atoms with Gasteiger partial charge in [-0.15, -0.1) is 0 Å². The van der Waals surface area contributed by atoms with Crippen molar-refractivity contribution in [2.45, 2.75) is 45.3 Å². The second kappa shape index (κ2) is 3.63. The summed E-state index contributed by atoms with van der Waals surface area (Å²) in [6, 6.07) is 0. The molecule has 0 spiro atoms. The Morgan fingerprint density at radius 2 is 2.14 bits per heavy atom. The molecule has 2 aliphatic rings. The van der Waals surface area contributed by atoms with Gasteiger partial charge in [-0.1, -0.05) is 13.8 Å². The normalized spacial score (nSPS) is 32.7. The fourth-order valence-electron chi connectivity index (χ4n) is 1.96. The van der Waals surface area contributed by atoms with Crippen molar-refractivity contribution in [3.8, 4) is 0 Å². The molecule has 3 nitrogen and oxygen atoms in total. The number of carbonyl (C=O) groups excluding carboxylic acids is 1. The van der Waals surface area contributed by atoms with E-state index < -0.39 is 0 Å². The first-order valence-electron chi connectivity index (χ1n) is 5.33. The molecule has 80 valence electrons. The molecule has 1 saturated heterocycles. The third kappa shape index (κ3) is 1.98. The molecule has 0 aromatic carbocycles. The Labute approximate surface area is 84.8 Å². The third-order valence-electron chi connectivity index (χ3n) is 3.30. The summed E-state index contributed by atoms with van der Waals surface area (Å²) in [6.07, 6.45) is 2.57. The molecule has 1 saturated carbocycles. The van der Waals surface area contributed by atoms with Gasteiger partial charge in [0.25, 0.3) is 0 Å². The topological polar surface area (TPSA) is 35.5 Å². The van der Waals surface area contributed by atoms with E-state index in [1.165, 1.54) is 0 Å². The molecule has 0 N–H and O–H groups in total. The van der Waals surface area contributed by atoms with E-state index >= 15 is 0 Å². The maximum absolute atomic E-state index is 11.3. The van der Waals surface area contributed by atoms with Gasteiger partial charge >= 0.3 is 0 Å². The Bertz CT molecular complexity index is 231.